The molecule has 2 aromatic rings. The second-order valence-electron chi connectivity index (χ2n) is 4.91. The fraction of sp³-hybridized carbons (Fsp3) is 0.222. The van der Waals surface area contributed by atoms with Crippen molar-refractivity contribution in [2.24, 2.45) is 0 Å². The third-order valence-electron chi connectivity index (χ3n) is 3.15. The lowest BCUT2D eigenvalue weighted by Gasteiger charge is -2.06. The van der Waals surface area contributed by atoms with Crippen LogP contribution in [0.3, 0.4) is 0 Å². The van der Waals surface area contributed by atoms with Gasteiger partial charge >= 0.3 is 0 Å². The molecule has 0 fully saturated rings. The first-order valence-corrected chi connectivity index (χ1v) is 9.54. The van der Waals surface area contributed by atoms with Crippen molar-refractivity contribution >= 4 is 29.4 Å². The van der Waals surface area contributed by atoms with Crippen molar-refractivity contribution in [3.63, 3.8) is 0 Å². The summed E-state index contributed by atoms with van der Waals surface area (Å²) in [6.07, 6.45) is 0. The number of rotatable bonds is 8. The molecular weight excluding hydrogens is 343 g/mol. The smallest absolute Gasteiger partial charge is 0.230 e. The monoisotopic (exact) mass is 360 g/mol. The molecule has 0 unspecified atom stereocenters. The van der Waals surface area contributed by atoms with Gasteiger partial charge in [0.15, 0.2) is 0 Å². The first-order valence-electron chi connectivity index (χ1n) is 7.40. The van der Waals surface area contributed by atoms with E-state index in [2.05, 4.69) is 11.4 Å². The Labute approximate surface area is 149 Å². The summed E-state index contributed by atoms with van der Waals surface area (Å²) in [7, 11) is 0. The third kappa shape index (κ3) is 6.26. The fourth-order valence-electron chi connectivity index (χ4n) is 1.93. The molecule has 0 saturated carbocycles. The first kappa shape index (κ1) is 18.4. The van der Waals surface area contributed by atoms with Crippen LogP contribution >= 0.6 is 23.5 Å². The second kappa shape index (κ2) is 10.0. The standard InChI is InChI=1S/C18H17FN2OS2/c19-16-5-7-17(8-6-16)24-13-18(22)21-9-10-23-12-15-4-2-1-3-14(15)11-20/h1-8H,9-10,12-13H2,(H,21,22). The lowest BCUT2D eigenvalue weighted by Crippen LogP contribution is -2.27. The van der Waals surface area contributed by atoms with E-state index in [1.165, 1.54) is 23.9 Å². The number of nitrogens with zero attached hydrogens (tertiary/aromatic N) is 1. The number of benzene rings is 2. The van der Waals surface area contributed by atoms with Crippen LogP contribution in [0.5, 0.6) is 0 Å². The normalized spacial score (nSPS) is 10.2. The van der Waals surface area contributed by atoms with E-state index >= 15 is 0 Å². The molecule has 1 amide bonds. The van der Waals surface area contributed by atoms with Crippen molar-refractivity contribution in [3.8, 4) is 6.07 Å². The maximum Gasteiger partial charge on any atom is 0.230 e. The van der Waals surface area contributed by atoms with Gasteiger partial charge in [0.05, 0.1) is 17.4 Å². The van der Waals surface area contributed by atoms with E-state index in [1.807, 2.05) is 24.3 Å². The minimum absolute atomic E-state index is 0.0395. The highest BCUT2D eigenvalue weighted by molar-refractivity contribution is 8.00. The van der Waals surface area contributed by atoms with E-state index in [9.17, 15) is 9.18 Å². The fourth-order valence-corrected chi connectivity index (χ4v) is 3.52. The van der Waals surface area contributed by atoms with Crippen LogP contribution in [-0.4, -0.2) is 24.0 Å². The van der Waals surface area contributed by atoms with Crippen LogP contribution in [0.1, 0.15) is 11.1 Å². The van der Waals surface area contributed by atoms with Gasteiger partial charge in [-0.05, 0) is 35.9 Å². The van der Waals surface area contributed by atoms with Gasteiger partial charge in [0.2, 0.25) is 5.91 Å². The molecule has 24 heavy (non-hydrogen) atoms. The van der Waals surface area contributed by atoms with Crippen LogP contribution in [0.2, 0.25) is 0 Å². The van der Waals surface area contributed by atoms with E-state index < -0.39 is 0 Å². The molecule has 0 spiro atoms. The highest BCUT2D eigenvalue weighted by Crippen LogP contribution is 2.18. The largest absolute Gasteiger partial charge is 0.355 e. The predicted molar refractivity (Wildman–Crippen MR) is 97.5 cm³/mol. The van der Waals surface area contributed by atoms with Crippen LogP contribution < -0.4 is 5.32 Å². The van der Waals surface area contributed by atoms with Gasteiger partial charge < -0.3 is 5.32 Å². The molecule has 0 aliphatic carbocycles. The minimum atomic E-state index is -0.279. The summed E-state index contributed by atoms with van der Waals surface area (Å²) in [5, 5.41) is 11.9. The van der Waals surface area contributed by atoms with Gasteiger partial charge in [0.1, 0.15) is 5.82 Å². The van der Waals surface area contributed by atoms with Crippen molar-refractivity contribution in [1.82, 2.24) is 5.32 Å². The van der Waals surface area contributed by atoms with Gasteiger partial charge in [-0.25, -0.2) is 4.39 Å². The quantitative estimate of drug-likeness (QED) is 0.574. The summed E-state index contributed by atoms with van der Waals surface area (Å²) in [6, 6.07) is 15.8. The Bertz CT molecular complexity index is 714. The molecule has 0 aliphatic rings. The molecule has 0 bridgehead atoms. The van der Waals surface area contributed by atoms with E-state index in [1.54, 1.807) is 23.9 Å². The van der Waals surface area contributed by atoms with E-state index in [0.29, 0.717) is 17.9 Å². The Morgan fingerprint density at radius 2 is 1.92 bits per heavy atom. The molecule has 0 heterocycles. The van der Waals surface area contributed by atoms with Gasteiger partial charge in [-0.2, -0.15) is 17.0 Å². The number of halogens is 1. The van der Waals surface area contributed by atoms with Crippen LogP contribution in [-0.2, 0) is 10.5 Å². The van der Waals surface area contributed by atoms with Gasteiger partial charge in [0.25, 0.3) is 0 Å². The highest BCUT2D eigenvalue weighted by Gasteiger charge is 2.04. The van der Waals surface area contributed by atoms with Crippen LogP contribution in [0.25, 0.3) is 0 Å². The molecule has 2 aromatic carbocycles. The third-order valence-corrected chi connectivity index (χ3v) is 5.17. The lowest BCUT2D eigenvalue weighted by atomic mass is 10.1. The topological polar surface area (TPSA) is 52.9 Å². The number of hydrogen-bond donors (Lipinski definition) is 1. The van der Waals surface area contributed by atoms with Crippen LogP contribution in [0, 0.1) is 17.1 Å². The van der Waals surface area contributed by atoms with E-state index in [0.717, 1.165) is 22.0 Å². The Kier molecular flexibility index (Phi) is 7.66. The average molecular weight is 360 g/mol. The van der Waals surface area contributed by atoms with Crippen molar-refractivity contribution in [2.45, 2.75) is 10.6 Å². The number of nitriles is 1. The molecule has 1 N–H and O–H groups in total. The number of carbonyl (C=O) groups is 1. The molecule has 6 heteroatoms. The number of hydrogen-bond acceptors (Lipinski definition) is 4. The SMILES string of the molecule is N#Cc1ccccc1CSCCNC(=O)CSc1ccc(F)cc1. The summed E-state index contributed by atoms with van der Waals surface area (Å²) in [5.74, 6) is 1.53. The van der Waals surface area contributed by atoms with E-state index in [-0.39, 0.29) is 11.7 Å². The molecule has 0 atom stereocenters. The minimum Gasteiger partial charge on any atom is -0.355 e. The number of nitrogens with one attached hydrogen (secondary N) is 1. The number of thioether (sulfide) groups is 2. The number of carbonyl (C=O) groups excluding carboxylic acids is 1. The molecule has 2 rings (SSSR count). The number of amides is 1. The summed E-state index contributed by atoms with van der Waals surface area (Å²) in [4.78, 5) is 12.6. The van der Waals surface area contributed by atoms with Gasteiger partial charge in [-0.3, -0.25) is 4.79 Å². The summed E-state index contributed by atoms with van der Waals surface area (Å²) in [6.45, 7) is 0.586. The zero-order chi connectivity index (χ0) is 17.2. The summed E-state index contributed by atoms with van der Waals surface area (Å²) >= 11 is 3.06. The van der Waals surface area contributed by atoms with Gasteiger partial charge in [0, 0.05) is 22.9 Å². The Morgan fingerprint density at radius 3 is 2.67 bits per heavy atom. The Morgan fingerprint density at radius 1 is 1.17 bits per heavy atom. The molecule has 0 aliphatic heterocycles. The van der Waals surface area contributed by atoms with Crippen molar-refractivity contribution in [2.75, 3.05) is 18.1 Å². The maximum absolute atomic E-state index is 12.8. The molecule has 0 aromatic heterocycles. The van der Waals surface area contributed by atoms with Gasteiger partial charge in [-0.1, -0.05) is 18.2 Å². The summed E-state index contributed by atoms with van der Waals surface area (Å²) < 4.78 is 12.8. The van der Waals surface area contributed by atoms with Crippen LogP contribution in [0.15, 0.2) is 53.4 Å². The van der Waals surface area contributed by atoms with Crippen molar-refractivity contribution in [1.29, 1.82) is 5.26 Å². The second-order valence-corrected chi connectivity index (χ2v) is 7.07. The highest BCUT2D eigenvalue weighted by atomic mass is 32.2. The average Bonchev–Trinajstić information content (AvgIpc) is 2.61. The zero-order valence-electron chi connectivity index (χ0n) is 13.0. The molecule has 0 saturated heterocycles. The zero-order valence-corrected chi connectivity index (χ0v) is 14.6. The predicted octanol–water partition coefficient (Wildman–Crippen LogP) is 3.84. The maximum atomic E-state index is 12.8. The van der Waals surface area contributed by atoms with Crippen molar-refractivity contribution in [3.05, 3.63) is 65.5 Å². The lowest BCUT2D eigenvalue weighted by molar-refractivity contribution is -0.118. The van der Waals surface area contributed by atoms with Crippen molar-refractivity contribution < 1.29 is 9.18 Å². The molecule has 3 nitrogen and oxygen atoms in total. The summed E-state index contributed by atoms with van der Waals surface area (Å²) in [5.41, 5.74) is 1.72. The molecular formula is C18H17FN2OS2. The van der Waals surface area contributed by atoms with Gasteiger partial charge in [-0.15, -0.1) is 11.8 Å². The van der Waals surface area contributed by atoms with E-state index in [4.69, 9.17) is 5.26 Å². The molecule has 0 radical (unpaired) electrons. The molecule has 124 valence electrons. The Balaban J connectivity index is 1.61. The van der Waals surface area contributed by atoms with Crippen LogP contribution in [0.4, 0.5) is 4.39 Å². The Hall–Kier alpha value is -1.97. The first-order chi connectivity index (χ1) is 11.7.